The van der Waals surface area contributed by atoms with Gasteiger partial charge in [-0.25, -0.2) is 4.39 Å². The number of hydrogen-bond acceptors (Lipinski definition) is 6. The molecule has 2 aromatic carbocycles. The van der Waals surface area contributed by atoms with Crippen molar-refractivity contribution in [1.82, 2.24) is 19.2 Å². The van der Waals surface area contributed by atoms with Crippen molar-refractivity contribution >= 4 is 29.0 Å². The van der Waals surface area contributed by atoms with Gasteiger partial charge >= 0.3 is 5.56 Å². The molecule has 0 saturated heterocycles. The number of thioether (sulfide) groups is 1. The molecule has 4 rings (SSSR count). The molecule has 0 aliphatic heterocycles. The Labute approximate surface area is 187 Å². The van der Waals surface area contributed by atoms with E-state index in [1.807, 2.05) is 6.92 Å². The van der Waals surface area contributed by atoms with Crippen LogP contribution in [0.5, 0.6) is 5.75 Å². The molecule has 2 aromatic heterocycles. The van der Waals surface area contributed by atoms with E-state index in [-0.39, 0.29) is 17.4 Å². The maximum atomic E-state index is 13.2. The van der Waals surface area contributed by atoms with Crippen LogP contribution < -0.4 is 15.6 Å². The Morgan fingerprint density at radius 1 is 1.12 bits per heavy atom. The van der Waals surface area contributed by atoms with Gasteiger partial charge in [0.25, 0.3) is 0 Å². The van der Waals surface area contributed by atoms with E-state index in [9.17, 15) is 14.0 Å². The molecule has 4 aromatic rings. The summed E-state index contributed by atoms with van der Waals surface area (Å²) in [6.45, 7) is 1.90. The van der Waals surface area contributed by atoms with E-state index in [0.29, 0.717) is 28.7 Å². The fourth-order valence-corrected chi connectivity index (χ4v) is 4.03. The molecule has 0 aliphatic rings. The second-order valence-corrected chi connectivity index (χ2v) is 8.03. The van der Waals surface area contributed by atoms with E-state index >= 15 is 0 Å². The Balaban J connectivity index is 1.56. The fraction of sp³-hybridized carbons (Fsp3) is 0.182. The highest BCUT2D eigenvalue weighted by Gasteiger charge is 2.22. The van der Waals surface area contributed by atoms with Crippen LogP contribution in [0.4, 0.5) is 10.1 Å². The summed E-state index contributed by atoms with van der Waals surface area (Å²) in [5.41, 5.74) is 0.892. The van der Waals surface area contributed by atoms with Crippen LogP contribution in [0, 0.1) is 5.82 Å². The molecule has 0 spiro atoms. The Morgan fingerprint density at radius 3 is 2.50 bits per heavy atom. The minimum atomic E-state index is -0.441. The number of ether oxygens (including phenoxy) is 1. The van der Waals surface area contributed by atoms with E-state index in [2.05, 4.69) is 15.5 Å². The van der Waals surface area contributed by atoms with Gasteiger partial charge in [0.2, 0.25) is 11.6 Å². The van der Waals surface area contributed by atoms with Crippen molar-refractivity contribution in [3.05, 3.63) is 77.1 Å². The number of nitrogens with one attached hydrogen (secondary N) is 1. The van der Waals surface area contributed by atoms with E-state index in [0.717, 1.165) is 0 Å². The number of nitrogens with zero attached hydrogens (tertiary/aromatic N) is 4. The van der Waals surface area contributed by atoms with E-state index in [4.69, 9.17) is 4.74 Å². The number of benzene rings is 2. The van der Waals surface area contributed by atoms with Crippen LogP contribution in [0.2, 0.25) is 0 Å². The standard InChI is InChI=1S/C22H20FN5O3S/c1-3-18(20(29)24-15-6-10-17(31-2)11-7-15)32-22-26-25-19-21(30)27(12-13-28(19)22)16-8-4-14(23)5-9-16/h4-13,18H,3H2,1-2H3,(H,24,29)/t18-/m1/s1. The zero-order chi connectivity index (χ0) is 22.7. The zero-order valence-corrected chi connectivity index (χ0v) is 18.2. The fourth-order valence-electron chi connectivity index (χ4n) is 3.10. The first kappa shape index (κ1) is 21.6. The molecule has 32 heavy (non-hydrogen) atoms. The van der Waals surface area contributed by atoms with Gasteiger partial charge in [0.1, 0.15) is 11.6 Å². The van der Waals surface area contributed by atoms with Crippen LogP contribution in [0.1, 0.15) is 13.3 Å². The van der Waals surface area contributed by atoms with Crippen molar-refractivity contribution < 1.29 is 13.9 Å². The van der Waals surface area contributed by atoms with Gasteiger partial charge in [-0.3, -0.25) is 18.6 Å². The molecule has 1 atom stereocenters. The lowest BCUT2D eigenvalue weighted by atomic mass is 10.2. The molecule has 8 nitrogen and oxygen atoms in total. The molecule has 1 N–H and O–H groups in total. The van der Waals surface area contributed by atoms with Gasteiger partial charge in [-0.1, -0.05) is 18.7 Å². The molecule has 0 saturated carbocycles. The number of halogens is 1. The minimum Gasteiger partial charge on any atom is -0.497 e. The summed E-state index contributed by atoms with van der Waals surface area (Å²) in [5.74, 6) is 0.132. The van der Waals surface area contributed by atoms with E-state index < -0.39 is 10.8 Å². The number of anilines is 1. The maximum absolute atomic E-state index is 13.2. The van der Waals surface area contributed by atoms with E-state index in [1.165, 1.54) is 40.6 Å². The SMILES string of the molecule is CC[C@@H](Sc1nnc2c(=O)n(-c3ccc(F)cc3)ccn12)C(=O)Nc1ccc(OC)cc1. The summed E-state index contributed by atoms with van der Waals surface area (Å²) in [6, 6.07) is 12.6. The Morgan fingerprint density at radius 2 is 1.84 bits per heavy atom. The third-order valence-electron chi connectivity index (χ3n) is 4.81. The smallest absolute Gasteiger partial charge is 0.300 e. The van der Waals surface area contributed by atoms with Gasteiger partial charge in [0.15, 0.2) is 5.16 Å². The summed E-state index contributed by atoms with van der Waals surface area (Å²) in [4.78, 5) is 25.6. The number of carbonyl (C=O) groups is 1. The van der Waals surface area contributed by atoms with Gasteiger partial charge in [-0.15, -0.1) is 10.2 Å². The number of aromatic nitrogens is 4. The minimum absolute atomic E-state index is 0.116. The number of amides is 1. The van der Waals surface area contributed by atoms with Crippen molar-refractivity contribution in [2.75, 3.05) is 12.4 Å². The van der Waals surface area contributed by atoms with Crippen LogP contribution in [0.3, 0.4) is 0 Å². The zero-order valence-electron chi connectivity index (χ0n) is 17.4. The molecule has 0 radical (unpaired) electrons. The van der Waals surface area contributed by atoms with Gasteiger partial charge in [0.05, 0.1) is 12.4 Å². The Bertz CT molecular complexity index is 1300. The first-order chi connectivity index (χ1) is 15.5. The molecule has 1 amide bonds. The van der Waals surface area contributed by atoms with Crippen LogP contribution in [0.15, 0.2) is 70.9 Å². The van der Waals surface area contributed by atoms with Crippen molar-refractivity contribution in [2.24, 2.45) is 0 Å². The molecule has 0 aliphatic carbocycles. The topological polar surface area (TPSA) is 90.5 Å². The highest BCUT2D eigenvalue weighted by atomic mass is 32.2. The second-order valence-electron chi connectivity index (χ2n) is 6.86. The normalized spacial score (nSPS) is 12.0. The highest BCUT2D eigenvalue weighted by molar-refractivity contribution is 8.00. The quantitative estimate of drug-likeness (QED) is 0.431. The molecule has 2 heterocycles. The number of carbonyl (C=O) groups excluding carboxylic acids is 1. The summed E-state index contributed by atoms with van der Waals surface area (Å²) in [5, 5.41) is 11.0. The predicted molar refractivity (Wildman–Crippen MR) is 120 cm³/mol. The molecule has 0 fully saturated rings. The summed E-state index contributed by atoms with van der Waals surface area (Å²) in [6.07, 6.45) is 3.76. The summed E-state index contributed by atoms with van der Waals surface area (Å²) >= 11 is 1.23. The third kappa shape index (κ3) is 4.35. The van der Waals surface area contributed by atoms with Crippen LogP contribution >= 0.6 is 11.8 Å². The third-order valence-corrected chi connectivity index (χ3v) is 6.13. The predicted octanol–water partition coefficient (Wildman–Crippen LogP) is 3.54. The summed E-state index contributed by atoms with van der Waals surface area (Å²) in [7, 11) is 1.58. The van der Waals surface area contributed by atoms with Crippen molar-refractivity contribution in [1.29, 1.82) is 0 Å². The second kappa shape index (κ2) is 9.23. The molecule has 10 heteroatoms. The molecular weight excluding hydrogens is 433 g/mol. The number of methoxy groups -OCH3 is 1. The average Bonchev–Trinajstić information content (AvgIpc) is 3.22. The van der Waals surface area contributed by atoms with Crippen molar-refractivity contribution in [3.63, 3.8) is 0 Å². The van der Waals surface area contributed by atoms with Gasteiger partial charge in [-0.05, 0) is 55.0 Å². The molecular formula is C22H20FN5O3S. The molecule has 164 valence electrons. The first-order valence-electron chi connectivity index (χ1n) is 9.84. The Hall–Kier alpha value is -3.66. The monoisotopic (exact) mass is 453 g/mol. The first-order valence-corrected chi connectivity index (χ1v) is 10.7. The van der Waals surface area contributed by atoms with Gasteiger partial charge < -0.3 is 10.1 Å². The van der Waals surface area contributed by atoms with Gasteiger partial charge in [-0.2, -0.15) is 0 Å². The van der Waals surface area contributed by atoms with Crippen molar-refractivity contribution in [2.45, 2.75) is 23.8 Å². The lowest BCUT2D eigenvalue weighted by molar-refractivity contribution is -0.115. The highest BCUT2D eigenvalue weighted by Crippen LogP contribution is 2.25. The Kier molecular flexibility index (Phi) is 6.22. The largest absolute Gasteiger partial charge is 0.497 e. The molecule has 0 unspecified atom stereocenters. The van der Waals surface area contributed by atoms with Crippen molar-refractivity contribution in [3.8, 4) is 11.4 Å². The lowest BCUT2D eigenvalue weighted by Gasteiger charge is -2.14. The average molecular weight is 453 g/mol. The van der Waals surface area contributed by atoms with Crippen LogP contribution in [0.25, 0.3) is 11.3 Å². The van der Waals surface area contributed by atoms with Crippen LogP contribution in [-0.4, -0.2) is 37.4 Å². The number of hydrogen-bond donors (Lipinski definition) is 1. The van der Waals surface area contributed by atoms with Gasteiger partial charge in [0, 0.05) is 23.8 Å². The molecule has 0 bridgehead atoms. The lowest BCUT2D eigenvalue weighted by Crippen LogP contribution is -2.25. The summed E-state index contributed by atoms with van der Waals surface area (Å²) < 4.78 is 21.2. The maximum Gasteiger partial charge on any atom is 0.300 e. The van der Waals surface area contributed by atoms with E-state index in [1.54, 1.807) is 48.2 Å². The van der Waals surface area contributed by atoms with Crippen LogP contribution in [-0.2, 0) is 4.79 Å². The number of rotatable bonds is 7. The number of fused-ring (bicyclic) bond motifs is 1.